The fourth-order valence-corrected chi connectivity index (χ4v) is 3.68. The summed E-state index contributed by atoms with van der Waals surface area (Å²) in [6.07, 6.45) is 2.94. The first-order valence-corrected chi connectivity index (χ1v) is 9.34. The third-order valence-corrected chi connectivity index (χ3v) is 5.43. The molecule has 1 aliphatic rings. The molecule has 0 bridgehead atoms. The molecule has 2 N–H and O–H groups in total. The molecule has 1 atom stereocenters. The molecule has 1 fully saturated rings. The molecule has 2 amide bonds. The smallest absolute Gasteiger partial charge is 0.251 e. The van der Waals surface area contributed by atoms with E-state index >= 15 is 0 Å². The van der Waals surface area contributed by atoms with Crippen molar-refractivity contribution in [2.75, 3.05) is 11.4 Å². The van der Waals surface area contributed by atoms with Crippen LogP contribution in [0.15, 0.2) is 48.7 Å². The monoisotopic (exact) mass is 381 g/mol. The van der Waals surface area contributed by atoms with Gasteiger partial charge in [-0.25, -0.2) is 4.90 Å². The summed E-state index contributed by atoms with van der Waals surface area (Å²) in [6.45, 7) is 2.50. The maximum absolute atomic E-state index is 12.7. The van der Waals surface area contributed by atoms with E-state index in [2.05, 4.69) is 16.4 Å². The molecule has 1 saturated heterocycles. The van der Waals surface area contributed by atoms with Gasteiger partial charge in [0.05, 0.1) is 18.2 Å². The largest absolute Gasteiger partial charge is 0.361 e. The number of fused-ring (bicyclic) bond motifs is 1. The van der Waals surface area contributed by atoms with Gasteiger partial charge in [0.25, 0.3) is 5.91 Å². The number of para-hydroxylation sites is 1. The van der Waals surface area contributed by atoms with Crippen LogP contribution < -0.4 is 10.2 Å². The Hall–Kier alpha value is -2.63. The van der Waals surface area contributed by atoms with E-state index in [1.807, 2.05) is 37.4 Å². The molecule has 0 aliphatic carbocycles. The van der Waals surface area contributed by atoms with Crippen LogP contribution in [0.5, 0.6) is 0 Å². The molecule has 138 valence electrons. The summed E-state index contributed by atoms with van der Waals surface area (Å²) in [5.41, 5.74) is 3.73. The molecule has 0 spiro atoms. The van der Waals surface area contributed by atoms with E-state index in [-0.39, 0.29) is 18.2 Å². The van der Waals surface area contributed by atoms with E-state index in [1.165, 1.54) is 15.8 Å². The number of H-pyrrole nitrogens is 1. The lowest BCUT2D eigenvalue weighted by Gasteiger charge is -2.16. The van der Waals surface area contributed by atoms with Crippen molar-refractivity contribution in [3.8, 4) is 0 Å². The minimum absolute atomic E-state index is 0.165. The second kappa shape index (κ2) is 7.18. The maximum Gasteiger partial charge on any atom is 0.251 e. The fraction of sp³-hybridized carbons (Fsp3) is 0.238. The van der Waals surface area contributed by atoms with Crippen LogP contribution in [-0.4, -0.2) is 29.4 Å². The maximum atomic E-state index is 12.7. The summed E-state index contributed by atoms with van der Waals surface area (Å²) in [4.78, 5) is 29.6. The van der Waals surface area contributed by atoms with Gasteiger partial charge in [-0.3, -0.25) is 9.59 Å². The average Bonchev–Trinajstić information content (AvgIpc) is 3.19. The molecular formula is C21H20ClN3O2. The number of rotatable bonds is 5. The number of hydrogen-bond donors (Lipinski definition) is 2. The van der Waals surface area contributed by atoms with Gasteiger partial charge in [-0.15, -0.1) is 0 Å². The number of benzene rings is 2. The number of aromatic nitrogens is 1. The van der Waals surface area contributed by atoms with Crippen LogP contribution >= 0.6 is 11.6 Å². The molecule has 27 heavy (non-hydrogen) atoms. The van der Waals surface area contributed by atoms with E-state index in [1.54, 1.807) is 12.1 Å². The average molecular weight is 382 g/mol. The van der Waals surface area contributed by atoms with E-state index in [9.17, 15) is 9.59 Å². The topological polar surface area (TPSA) is 65.2 Å². The van der Waals surface area contributed by atoms with Gasteiger partial charge in [0.1, 0.15) is 0 Å². The van der Waals surface area contributed by atoms with E-state index in [4.69, 9.17) is 11.6 Å². The number of hydrogen-bond acceptors (Lipinski definition) is 3. The summed E-state index contributed by atoms with van der Waals surface area (Å²) in [6, 6.07) is 12.9. The molecule has 5 nitrogen and oxygen atoms in total. The van der Waals surface area contributed by atoms with Gasteiger partial charge in [-0.1, -0.05) is 35.9 Å². The molecule has 1 aromatic heterocycles. The Morgan fingerprint density at radius 3 is 2.85 bits per heavy atom. The third-order valence-electron chi connectivity index (χ3n) is 5.02. The molecule has 4 rings (SSSR count). The van der Waals surface area contributed by atoms with E-state index in [0.717, 1.165) is 17.5 Å². The third kappa shape index (κ3) is 3.36. The molecule has 2 heterocycles. The van der Waals surface area contributed by atoms with Gasteiger partial charge in [0.15, 0.2) is 0 Å². The van der Waals surface area contributed by atoms with Gasteiger partial charge in [0.2, 0.25) is 5.91 Å². The summed E-state index contributed by atoms with van der Waals surface area (Å²) in [5.74, 6) is -0.427. The second-order valence-electron chi connectivity index (χ2n) is 6.82. The molecular weight excluding hydrogens is 362 g/mol. The summed E-state index contributed by atoms with van der Waals surface area (Å²) in [5, 5.41) is 4.96. The zero-order valence-corrected chi connectivity index (χ0v) is 15.7. The molecule has 2 aromatic carbocycles. The van der Waals surface area contributed by atoms with Crippen LogP contribution in [0.1, 0.15) is 17.5 Å². The highest BCUT2D eigenvalue weighted by molar-refractivity contribution is 6.32. The predicted octanol–water partition coefficient (Wildman–Crippen LogP) is 3.59. The molecule has 6 heteroatoms. The van der Waals surface area contributed by atoms with Gasteiger partial charge in [0, 0.05) is 28.7 Å². The van der Waals surface area contributed by atoms with Crippen molar-refractivity contribution in [2.24, 2.45) is 0 Å². The molecule has 0 saturated carbocycles. The number of imide groups is 1. The minimum atomic E-state index is -0.497. The van der Waals surface area contributed by atoms with Crippen LogP contribution in [0, 0.1) is 6.92 Å². The Morgan fingerprint density at radius 1 is 1.22 bits per heavy atom. The quantitative estimate of drug-likeness (QED) is 0.664. The highest BCUT2D eigenvalue weighted by Crippen LogP contribution is 2.27. The van der Waals surface area contributed by atoms with Crippen molar-refractivity contribution in [1.82, 2.24) is 10.3 Å². The van der Waals surface area contributed by atoms with Gasteiger partial charge < -0.3 is 10.3 Å². The number of amides is 2. The Bertz CT molecular complexity index is 1030. The number of carbonyl (C=O) groups excluding carboxylic acids is 2. The summed E-state index contributed by atoms with van der Waals surface area (Å²) in [7, 11) is 0. The van der Waals surface area contributed by atoms with Gasteiger partial charge in [-0.2, -0.15) is 0 Å². The Kier molecular flexibility index (Phi) is 4.72. The number of carbonyl (C=O) groups is 2. The van der Waals surface area contributed by atoms with Crippen LogP contribution in [0.4, 0.5) is 5.69 Å². The minimum Gasteiger partial charge on any atom is -0.361 e. The number of aromatic amines is 1. The second-order valence-corrected chi connectivity index (χ2v) is 7.23. The van der Waals surface area contributed by atoms with Crippen LogP contribution in [-0.2, 0) is 16.0 Å². The number of nitrogens with one attached hydrogen (secondary N) is 2. The SMILES string of the molecule is Cc1ccc(N2C(=O)C[C@H](NCCc3c[nH]c4ccccc34)C2=O)cc1Cl. The van der Waals surface area contributed by atoms with Gasteiger partial charge in [-0.05, 0) is 42.7 Å². The summed E-state index contributed by atoms with van der Waals surface area (Å²) >= 11 is 6.14. The van der Waals surface area contributed by atoms with E-state index in [0.29, 0.717) is 17.3 Å². The molecule has 0 radical (unpaired) electrons. The predicted molar refractivity (Wildman–Crippen MR) is 107 cm³/mol. The Morgan fingerprint density at radius 2 is 2.04 bits per heavy atom. The lowest BCUT2D eigenvalue weighted by molar-refractivity contribution is -0.121. The first-order chi connectivity index (χ1) is 13.0. The first kappa shape index (κ1) is 17.8. The number of nitrogens with zero attached hydrogens (tertiary/aromatic N) is 1. The van der Waals surface area contributed by atoms with E-state index < -0.39 is 6.04 Å². The fourth-order valence-electron chi connectivity index (χ4n) is 3.50. The summed E-state index contributed by atoms with van der Waals surface area (Å²) < 4.78 is 0. The lowest BCUT2D eigenvalue weighted by atomic mass is 10.1. The van der Waals surface area contributed by atoms with Crippen LogP contribution in [0.3, 0.4) is 0 Å². The standard InChI is InChI=1S/C21H20ClN3O2/c1-13-6-7-15(10-17(13)22)25-20(26)11-19(21(25)27)23-9-8-14-12-24-18-5-3-2-4-16(14)18/h2-7,10,12,19,23-24H,8-9,11H2,1H3/t19-/m0/s1. The van der Waals surface area contributed by atoms with Crippen molar-refractivity contribution in [2.45, 2.75) is 25.8 Å². The lowest BCUT2D eigenvalue weighted by Crippen LogP contribution is -2.39. The number of aryl methyl sites for hydroxylation is 1. The number of anilines is 1. The van der Waals surface area contributed by atoms with Crippen LogP contribution in [0.25, 0.3) is 10.9 Å². The zero-order chi connectivity index (χ0) is 19.0. The van der Waals surface area contributed by atoms with Crippen LogP contribution in [0.2, 0.25) is 5.02 Å². The number of halogens is 1. The van der Waals surface area contributed by atoms with Crippen molar-refractivity contribution in [1.29, 1.82) is 0 Å². The Balaban J connectivity index is 1.42. The molecule has 0 unspecified atom stereocenters. The normalized spacial score (nSPS) is 17.3. The highest BCUT2D eigenvalue weighted by Gasteiger charge is 2.39. The van der Waals surface area contributed by atoms with Crippen molar-refractivity contribution >= 4 is 40.0 Å². The van der Waals surface area contributed by atoms with Crippen molar-refractivity contribution in [3.63, 3.8) is 0 Å². The molecule has 3 aromatic rings. The highest BCUT2D eigenvalue weighted by atomic mass is 35.5. The van der Waals surface area contributed by atoms with Crippen molar-refractivity contribution < 1.29 is 9.59 Å². The van der Waals surface area contributed by atoms with Crippen molar-refractivity contribution in [3.05, 3.63) is 64.8 Å². The zero-order valence-electron chi connectivity index (χ0n) is 15.0. The van der Waals surface area contributed by atoms with Gasteiger partial charge >= 0.3 is 0 Å². The molecule has 1 aliphatic heterocycles. The Labute approximate surface area is 162 Å². The first-order valence-electron chi connectivity index (χ1n) is 8.96.